The topological polar surface area (TPSA) is 163 Å². The number of aromatic nitrogens is 1. The van der Waals surface area contributed by atoms with Crippen LogP contribution in [0.5, 0.6) is 0 Å². The Balaban J connectivity index is 1.20. The first-order chi connectivity index (χ1) is 23.0. The van der Waals surface area contributed by atoms with E-state index < -0.39 is 66.1 Å². The van der Waals surface area contributed by atoms with Crippen molar-refractivity contribution in [3.63, 3.8) is 0 Å². The number of amides is 2. The van der Waals surface area contributed by atoms with E-state index in [9.17, 15) is 24.0 Å². The van der Waals surface area contributed by atoms with Crippen LogP contribution in [0.1, 0.15) is 43.7 Å². The maximum atomic E-state index is 13.4. The number of hydrogen-bond acceptors (Lipinski definition) is 13. The zero-order chi connectivity index (χ0) is 34.3. The minimum atomic E-state index is -0.996. The normalized spacial score (nSPS) is 17.4. The molecule has 3 heterocycles. The number of rotatable bonds is 12. The second kappa shape index (κ2) is 15.3. The highest BCUT2D eigenvalue weighted by Crippen LogP contribution is 2.38. The molecule has 2 atom stereocenters. The lowest BCUT2D eigenvalue weighted by atomic mass is 9.98. The summed E-state index contributed by atoms with van der Waals surface area (Å²) in [5, 5.41) is 7.50. The summed E-state index contributed by atoms with van der Waals surface area (Å²) in [5.74, 6) is -3.08. The van der Waals surface area contributed by atoms with Crippen LogP contribution in [-0.4, -0.2) is 75.9 Å². The summed E-state index contributed by atoms with van der Waals surface area (Å²) >= 11 is 2.54. The molecule has 1 aromatic heterocycles. The van der Waals surface area contributed by atoms with Crippen molar-refractivity contribution in [2.45, 2.75) is 38.3 Å². The lowest BCUT2D eigenvalue weighted by Gasteiger charge is -2.48. The van der Waals surface area contributed by atoms with Crippen LogP contribution in [0.15, 0.2) is 88.5 Å². The molecule has 2 aliphatic heterocycles. The highest BCUT2D eigenvalue weighted by Gasteiger charge is 2.53. The van der Waals surface area contributed by atoms with Crippen LogP contribution in [0.2, 0.25) is 0 Å². The zero-order valence-electron chi connectivity index (χ0n) is 26.2. The van der Waals surface area contributed by atoms with Gasteiger partial charge in [0.15, 0.2) is 11.8 Å². The van der Waals surface area contributed by atoms with Crippen LogP contribution < -0.4 is 5.32 Å². The summed E-state index contributed by atoms with van der Waals surface area (Å²) in [4.78, 5) is 74.6. The molecule has 1 saturated heterocycles. The fourth-order valence-electron chi connectivity index (χ4n) is 4.60. The van der Waals surface area contributed by atoms with Gasteiger partial charge in [-0.3, -0.25) is 19.3 Å². The van der Waals surface area contributed by atoms with Crippen LogP contribution in [0.3, 0.4) is 0 Å². The van der Waals surface area contributed by atoms with Gasteiger partial charge in [-0.15, -0.1) is 23.1 Å². The van der Waals surface area contributed by atoms with Crippen molar-refractivity contribution in [1.29, 1.82) is 0 Å². The number of nitrogens with zero attached hydrogens (tertiary/aromatic N) is 3. The van der Waals surface area contributed by atoms with Crippen molar-refractivity contribution >= 4 is 58.5 Å². The van der Waals surface area contributed by atoms with E-state index >= 15 is 0 Å². The first-order valence-electron chi connectivity index (χ1n) is 14.7. The number of esters is 3. The molecule has 1 N–H and O–H groups in total. The molecule has 0 bridgehead atoms. The molecule has 1 unspecified atom stereocenters. The van der Waals surface area contributed by atoms with Gasteiger partial charge in [-0.1, -0.05) is 65.8 Å². The van der Waals surface area contributed by atoms with Gasteiger partial charge in [-0.2, -0.15) is 0 Å². The number of carbonyl (C=O) groups excluding carboxylic acids is 5. The summed E-state index contributed by atoms with van der Waals surface area (Å²) in [7, 11) is 0. The molecule has 3 aromatic rings. The van der Waals surface area contributed by atoms with Gasteiger partial charge in [0.2, 0.25) is 13.4 Å². The first kappa shape index (κ1) is 34.3. The minimum Gasteiger partial charge on any atom is -0.450 e. The Morgan fingerprint density at radius 3 is 2.29 bits per heavy atom. The number of thioether (sulfide) groups is 1. The van der Waals surface area contributed by atoms with Crippen molar-refractivity contribution < 1.29 is 43.0 Å². The summed E-state index contributed by atoms with van der Waals surface area (Å²) in [6, 6.07) is 17.4. The van der Waals surface area contributed by atoms with Gasteiger partial charge in [0, 0.05) is 11.1 Å². The van der Waals surface area contributed by atoms with Crippen molar-refractivity contribution in [2.75, 3.05) is 19.2 Å². The van der Waals surface area contributed by atoms with E-state index in [0.717, 1.165) is 11.1 Å². The molecular weight excluding hydrogens is 661 g/mol. The first-order valence-corrected chi connectivity index (χ1v) is 16.7. The lowest BCUT2D eigenvalue weighted by molar-refractivity contribution is -0.173. The average Bonchev–Trinajstić information content (AvgIpc) is 3.62. The molecule has 2 aromatic carbocycles. The molecule has 250 valence electrons. The highest BCUT2D eigenvalue weighted by atomic mass is 32.2. The van der Waals surface area contributed by atoms with Gasteiger partial charge in [0.05, 0.1) is 10.9 Å². The number of oxime groups is 1. The van der Waals surface area contributed by atoms with E-state index in [1.807, 2.05) is 60.7 Å². The predicted octanol–water partition coefficient (Wildman–Crippen LogP) is 3.57. The van der Waals surface area contributed by atoms with Crippen LogP contribution in [0, 0.1) is 5.41 Å². The quantitative estimate of drug-likeness (QED) is 0.0971. The predicted molar refractivity (Wildman–Crippen MR) is 175 cm³/mol. The smallest absolute Gasteiger partial charge is 0.357 e. The standard InChI is InChI=1S/C33H32N4O9S2/c1-33(2,3)32(42)44-19-43-31(41)23-14-15-48-30-26(29(40)37(23)30)35-28(39)25(22-17-47-18-34-22)36-45-16-24(38)46-27(20-10-6-4-7-11-20)21-12-8-5-9-13-21/h4-14,17-18,26-27,30H,15-16,19H2,1-3H3,(H,35,39)/t26?,30-/m0/s1. The second-order valence-electron chi connectivity index (χ2n) is 11.5. The molecule has 1 fully saturated rings. The van der Waals surface area contributed by atoms with E-state index in [1.165, 1.54) is 39.6 Å². The number of hydrogen-bond donors (Lipinski definition) is 1. The van der Waals surface area contributed by atoms with Gasteiger partial charge in [0.25, 0.3) is 11.8 Å². The maximum absolute atomic E-state index is 13.4. The third-order valence-electron chi connectivity index (χ3n) is 7.02. The number of fused-ring (bicyclic) bond motifs is 1. The number of ether oxygens (including phenoxy) is 3. The monoisotopic (exact) mass is 692 g/mol. The van der Waals surface area contributed by atoms with Crippen molar-refractivity contribution in [3.8, 4) is 0 Å². The van der Waals surface area contributed by atoms with Crippen molar-refractivity contribution in [3.05, 3.63) is 100 Å². The van der Waals surface area contributed by atoms with Gasteiger partial charge in [-0.05, 0) is 38.0 Å². The average molecular weight is 693 g/mol. The zero-order valence-corrected chi connectivity index (χ0v) is 27.8. The molecule has 0 saturated carbocycles. The van der Waals surface area contributed by atoms with Gasteiger partial charge >= 0.3 is 17.9 Å². The van der Waals surface area contributed by atoms with E-state index in [4.69, 9.17) is 19.0 Å². The fraction of sp³-hybridized carbons (Fsp3) is 0.303. The Kier molecular flexibility index (Phi) is 10.9. The molecule has 48 heavy (non-hydrogen) atoms. The Morgan fingerprint density at radius 2 is 1.69 bits per heavy atom. The SMILES string of the molecule is CC(C)(C)C(=O)OCOC(=O)C1=CCS[C@H]2C(NC(=O)C(=NOCC(=O)OC(c3ccccc3)c3ccccc3)c3cscn3)C(=O)N12. The Bertz CT molecular complexity index is 1670. The molecule has 0 aliphatic carbocycles. The van der Waals surface area contributed by atoms with Crippen LogP contribution in [0.25, 0.3) is 0 Å². The van der Waals surface area contributed by atoms with E-state index in [0.29, 0.717) is 5.75 Å². The van der Waals surface area contributed by atoms with Crippen LogP contribution in [0.4, 0.5) is 0 Å². The molecule has 13 nitrogen and oxygen atoms in total. The molecule has 15 heteroatoms. The third-order valence-corrected chi connectivity index (χ3v) is 8.79. The summed E-state index contributed by atoms with van der Waals surface area (Å²) in [5.41, 5.74) is 2.14. The number of carbonyl (C=O) groups is 5. The molecule has 2 aliphatic rings. The number of β-lactam (4-membered cyclic amide) rings is 1. The maximum Gasteiger partial charge on any atom is 0.357 e. The summed E-state index contributed by atoms with van der Waals surface area (Å²) in [6.45, 7) is 3.78. The van der Waals surface area contributed by atoms with E-state index in [1.54, 1.807) is 26.2 Å². The number of nitrogens with one attached hydrogen (secondary N) is 1. The molecule has 5 rings (SSSR count). The van der Waals surface area contributed by atoms with Crippen LogP contribution >= 0.6 is 23.1 Å². The summed E-state index contributed by atoms with van der Waals surface area (Å²) < 4.78 is 15.8. The largest absolute Gasteiger partial charge is 0.450 e. The fourth-order valence-corrected chi connectivity index (χ4v) is 6.33. The van der Waals surface area contributed by atoms with Gasteiger partial charge in [-0.25, -0.2) is 14.6 Å². The van der Waals surface area contributed by atoms with Gasteiger partial charge < -0.3 is 24.4 Å². The van der Waals surface area contributed by atoms with E-state index in [-0.39, 0.29) is 17.1 Å². The molecule has 2 amide bonds. The van der Waals surface area contributed by atoms with Crippen molar-refractivity contribution in [1.82, 2.24) is 15.2 Å². The third kappa shape index (κ3) is 8.09. The molecule has 0 radical (unpaired) electrons. The van der Waals surface area contributed by atoms with Gasteiger partial charge in [0.1, 0.15) is 22.8 Å². The Hall–Kier alpha value is -5.02. The summed E-state index contributed by atoms with van der Waals surface area (Å²) in [6.07, 6.45) is 0.837. The van der Waals surface area contributed by atoms with Crippen molar-refractivity contribution in [2.24, 2.45) is 10.6 Å². The Labute approximate surface area is 284 Å². The highest BCUT2D eigenvalue weighted by molar-refractivity contribution is 8.00. The molecular formula is C33H32N4O9S2. The molecule has 0 spiro atoms. The lowest BCUT2D eigenvalue weighted by Crippen LogP contribution is -2.70. The Morgan fingerprint density at radius 1 is 1.02 bits per heavy atom. The number of thiazole rings is 1. The van der Waals surface area contributed by atoms with E-state index in [2.05, 4.69) is 15.5 Å². The second-order valence-corrected chi connectivity index (χ2v) is 13.4. The van der Waals surface area contributed by atoms with Crippen LogP contribution in [-0.2, 0) is 43.0 Å². The minimum absolute atomic E-state index is 0.0133. The number of benzene rings is 2.